The number of anilines is 1. The van der Waals surface area contributed by atoms with Gasteiger partial charge in [-0.2, -0.15) is 0 Å². The number of carbonyl (C=O) groups excluding carboxylic acids is 2. The van der Waals surface area contributed by atoms with Crippen LogP contribution in [-0.4, -0.2) is 16.8 Å². The van der Waals surface area contributed by atoms with Crippen molar-refractivity contribution in [3.63, 3.8) is 0 Å². The van der Waals surface area contributed by atoms with Crippen molar-refractivity contribution in [2.24, 2.45) is 11.8 Å². The number of thiazole rings is 1. The zero-order valence-corrected chi connectivity index (χ0v) is 14.7. The van der Waals surface area contributed by atoms with Gasteiger partial charge >= 0.3 is 0 Å². The summed E-state index contributed by atoms with van der Waals surface area (Å²) < 4.78 is 0. The van der Waals surface area contributed by atoms with E-state index in [1.54, 1.807) is 0 Å². The molecular formula is C19H20N2O2S. The van der Waals surface area contributed by atoms with Crippen molar-refractivity contribution in [3.05, 3.63) is 34.7 Å². The smallest absolute Gasteiger partial charge is 0.239 e. The van der Waals surface area contributed by atoms with Crippen molar-refractivity contribution in [2.75, 3.05) is 4.90 Å². The standard InChI is InChI=1S/C19H20N2O2S/c1-11-7-9-13(10-8-11)16-12(2)24-19(20-16)21-17(22)14-5-3-4-6-15(14)18(21)23/h7-10,14-15H,3-6H2,1-2H3/t14-,15-/m0/s1. The fourth-order valence-electron chi connectivity index (χ4n) is 3.81. The molecule has 2 aliphatic rings. The third-order valence-electron chi connectivity index (χ3n) is 5.14. The molecule has 0 spiro atoms. The molecule has 0 bridgehead atoms. The number of aromatic nitrogens is 1. The van der Waals surface area contributed by atoms with Crippen LogP contribution in [-0.2, 0) is 9.59 Å². The second-order valence-electron chi connectivity index (χ2n) is 6.78. The van der Waals surface area contributed by atoms with Gasteiger partial charge in [-0.1, -0.05) is 42.7 Å². The molecule has 1 saturated heterocycles. The highest BCUT2D eigenvalue weighted by atomic mass is 32.1. The maximum absolute atomic E-state index is 12.7. The number of hydrogen-bond acceptors (Lipinski definition) is 4. The van der Waals surface area contributed by atoms with Gasteiger partial charge < -0.3 is 0 Å². The van der Waals surface area contributed by atoms with Crippen LogP contribution in [0, 0.1) is 25.7 Å². The van der Waals surface area contributed by atoms with Crippen LogP contribution in [0.1, 0.15) is 36.1 Å². The Morgan fingerprint density at radius 2 is 1.58 bits per heavy atom. The van der Waals surface area contributed by atoms with Crippen LogP contribution in [0.3, 0.4) is 0 Å². The number of nitrogens with zero attached hydrogens (tertiary/aromatic N) is 2. The van der Waals surface area contributed by atoms with E-state index in [0.29, 0.717) is 5.13 Å². The van der Waals surface area contributed by atoms with Gasteiger partial charge in [0.15, 0.2) is 5.13 Å². The first kappa shape index (κ1) is 15.5. The number of hydrogen-bond donors (Lipinski definition) is 0. The van der Waals surface area contributed by atoms with Crippen LogP contribution in [0.15, 0.2) is 24.3 Å². The molecule has 0 unspecified atom stereocenters. The van der Waals surface area contributed by atoms with Crippen molar-refractivity contribution < 1.29 is 9.59 Å². The van der Waals surface area contributed by atoms with Gasteiger partial charge in [0.2, 0.25) is 11.8 Å². The maximum atomic E-state index is 12.7. The molecule has 5 heteroatoms. The fourth-order valence-corrected chi connectivity index (χ4v) is 4.75. The second-order valence-corrected chi connectivity index (χ2v) is 7.96. The minimum atomic E-state index is -0.127. The summed E-state index contributed by atoms with van der Waals surface area (Å²) >= 11 is 1.44. The Balaban J connectivity index is 1.70. The molecule has 2 heterocycles. The maximum Gasteiger partial charge on any atom is 0.239 e. The van der Waals surface area contributed by atoms with Gasteiger partial charge in [0.1, 0.15) is 0 Å². The summed E-state index contributed by atoms with van der Waals surface area (Å²) in [5.41, 5.74) is 3.09. The van der Waals surface area contributed by atoms with Gasteiger partial charge in [-0.3, -0.25) is 9.59 Å². The predicted molar refractivity (Wildman–Crippen MR) is 95.0 cm³/mol. The highest BCUT2D eigenvalue weighted by Gasteiger charge is 2.49. The molecule has 2 aromatic rings. The number of benzene rings is 1. The average molecular weight is 340 g/mol. The number of carbonyl (C=O) groups is 2. The molecule has 1 aromatic carbocycles. The predicted octanol–water partition coefficient (Wildman–Crippen LogP) is 4.11. The fraction of sp³-hybridized carbons (Fsp3) is 0.421. The number of amides is 2. The van der Waals surface area contributed by atoms with Gasteiger partial charge in [-0.05, 0) is 26.7 Å². The van der Waals surface area contributed by atoms with Crippen molar-refractivity contribution >= 4 is 28.3 Å². The van der Waals surface area contributed by atoms with E-state index in [1.807, 2.05) is 26.0 Å². The zero-order valence-electron chi connectivity index (χ0n) is 13.9. The molecule has 4 nitrogen and oxygen atoms in total. The molecule has 2 fully saturated rings. The van der Waals surface area contributed by atoms with Gasteiger partial charge in [-0.15, -0.1) is 11.3 Å². The number of aryl methyl sites for hydroxylation is 2. The molecule has 1 aliphatic carbocycles. The summed E-state index contributed by atoms with van der Waals surface area (Å²) in [5, 5.41) is 0.535. The van der Waals surface area contributed by atoms with E-state index >= 15 is 0 Å². The third-order valence-corrected chi connectivity index (χ3v) is 6.10. The Morgan fingerprint density at radius 3 is 2.17 bits per heavy atom. The normalized spacial score (nSPS) is 23.7. The molecule has 24 heavy (non-hydrogen) atoms. The minimum Gasteiger partial charge on any atom is -0.274 e. The molecule has 4 rings (SSSR count). The first-order chi connectivity index (χ1) is 11.6. The Labute approximate surface area is 145 Å². The Morgan fingerprint density at radius 1 is 1.00 bits per heavy atom. The molecule has 2 amide bonds. The van der Waals surface area contributed by atoms with Crippen molar-refractivity contribution in [1.29, 1.82) is 0 Å². The van der Waals surface area contributed by atoms with Gasteiger partial charge in [0, 0.05) is 10.4 Å². The number of rotatable bonds is 2. The monoisotopic (exact) mass is 340 g/mol. The van der Waals surface area contributed by atoms with Crippen LogP contribution in [0.5, 0.6) is 0 Å². The Bertz CT molecular complexity index is 785. The Kier molecular flexibility index (Phi) is 3.76. The van der Waals surface area contributed by atoms with E-state index in [0.717, 1.165) is 41.8 Å². The molecule has 2 atom stereocenters. The minimum absolute atomic E-state index is 0.0473. The van der Waals surface area contributed by atoms with Crippen molar-refractivity contribution in [2.45, 2.75) is 39.5 Å². The molecule has 1 aliphatic heterocycles. The average Bonchev–Trinajstić information content (AvgIpc) is 3.07. The molecule has 1 aromatic heterocycles. The number of imide groups is 1. The molecule has 1 saturated carbocycles. The molecule has 124 valence electrons. The lowest BCUT2D eigenvalue weighted by Crippen LogP contribution is -2.30. The van der Waals surface area contributed by atoms with E-state index in [2.05, 4.69) is 17.1 Å². The van der Waals surface area contributed by atoms with Gasteiger partial charge in [0.05, 0.1) is 17.5 Å². The van der Waals surface area contributed by atoms with Gasteiger partial charge in [-0.25, -0.2) is 9.88 Å². The summed E-state index contributed by atoms with van der Waals surface area (Å²) in [6.45, 7) is 4.04. The van der Waals surface area contributed by atoms with E-state index in [1.165, 1.54) is 21.8 Å². The lowest BCUT2D eigenvalue weighted by atomic mass is 9.81. The topological polar surface area (TPSA) is 50.3 Å². The van der Waals surface area contributed by atoms with Crippen LogP contribution in [0.4, 0.5) is 5.13 Å². The lowest BCUT2D eigenvalue weighted by Gasteiger charge is -2.19. The quantitative estimate of drug-likeness (QED) is 0.773. The van der Waals surface area contributed by atoms with Crippen LogP contribution < -0.4 is 4.90 Å². The third kappa shape index (κ3) is 2.38. The summed E-state index contributed by atoms with van der Waals surface area (Å²) in [6, 6.07) is 8.17. The van der Waals surface area contributed by atoms with Crippen LogP contribution in [0.25, 0.3) is 11.3 Å². The largest absolute Gasteiger partial charge is 0.274 e. The summed E-state index contributed by atoms with van der Waals surface area (Å²) in [4.78, 5) is 32.5. The zero-order chi connectivity index (χ0) is 16.8. The molecule has 0 radical (unpaired) electrons. The number of fused-ring (bicyclic) bond motifs is 1. The lowest BCUT2D eigenvalue weighted by molar-refractivity contribution is -0.122. The first-order valence-electron chi connectivity index (χ1n) is 8.48. The summed E-state index contributed by atoms with van der Waals surface area (Å²) in [7, 11) is 0. The highest BCUT2D eigenvalue weighted by Crippen LogP contribution is 2.42. The highest BCUT2D eigenvalue weighted by molar-refractivity contribution is 7.16. The van der Waals surface area contributed by atoms with Gasteiger partial charge in [0.25, 0.3) is 0 Å². The summed E-state index contributed by atoms with van der Waals surface area (Å²) in [6.07, 6.45) is 3.75. The van der Waals surface area contributed by atoms with Crippen molar-refractivity contribution in [3.8, 4) is 11.3 Å². The SMILES string of the molecule is Cc1ccc(-c2nc(N3C(=O)[C@H]4CCCC[C@@H]4C3=O)sc2C)cc1. The second kappa shape index (κ2) is 5.81. The van der Waals surface area contributed by atoms with E-state index in [-0.39, 0.29) is 23.7 Å². The van der Waals surface area contributed by atoms with Crippen LogP contribution >= 0.6 is 11.3 Å². The van der Waals surface area contributed by atoms with Crippen molar-refractivity contribution in [1.82, 2.24) is 4.98 Å². The van der Waals surface area contributed by atoms with E-state index in [9.17, 15) is 9.59 Å². The molecular weight excluding hydrogens is 320 g/mol. The van der Waals surface area contributed by atoms with E-state index < -0.39 is 0 Å². The molecule has 0 N–H and O–H groups in total. The summed E-state index contributed by atoms with van der Waals surface area (Å²) in [5.74, 6) is -0.348. The van der Waals surface area contributed by atoms with Crippen LogP contribution in [0.2, 0.25) is 0 Å². The Hall–Kier alpha value is -2.01. The van der Waals surface area contributed by atoms with E-state index in [4.69, 9.17) is 0 Å². The first-order valence-corrected chi connectivity index (χ1v) is 9.30.